The van der Waals surface area contributed by atoms with Gasteiger partial charge in [-0.3, -0.25) is 0 Å². The van der Waals surface area contributed by atoms with Crippen molar-refractivity contribution >= 4 is 33.0 Å². The highest BCUT2D eigenvalue weighted by Gasteiger charge is 2.18. The largest absolute Gasteiger partial charge is 0.452 e. The van der Waals surface area contributed by atoms with Crippen LogP contribution in [0, 0.1) is 0 Å². The minimum Gasteiger partial charge on any atom is -0.452 e. The Bertz CT molecular complexity index is 2950. The Morgan fingerprint density at radius 1 is 0.321 bits per heavy atom. The van der Waals surface area contributed by atoms with Crippen molar-refractivity contribution in [3.8, 4) is 67.5 Å². The van der Waals surface area contributed by atoms with E-state index in [1.165, 1.54) is 0 Å². The second-order valence-electron chi connectivity index (χ2n) is 13.1. The highest BCUT2D eigenvalue weighted by Crippen LogP contribution is 2.37. The van der Waals surface area contributed by atoms with Gasteiger partial charge < -0.3 is 4.42 Å². The molecule has 0 amide bonds. The van der Waals surface area contributed by atoms with E-state index in [1.54, 1.807) is 0 Å². The van der Waals surface area contributed by atoms with Crippen molar-refractivity contribution in [1.29, 1.82) is 0 Å². The molecule has 5 nitrogen and oxygen atoms in total. The van der Waals surface area contributed by atoms with Gasteiger partial charge in [0.2, 0.25) is 0 Å². The van der Waals surface area contributed by atoms with E-state index < -0.39 is 0 Å². The molecule has 3 heterocycles. The first-order valence-electron chi connectivity index (χ1n) is 17.6. The van der Waals surface area contributed by atoms with Crippen LogP contribution in [0.25, 0.3) is 101 Å². The zero-order valence-corrected chi connectivity index (χ0v) is 28.5. The monoisotopic (exact) mass is 678 g/mol. The SMILES string of the molecule is c1ccc(-c2nc(-c3cccc(-c4cccc(-c5cccc(-c6nc(-c7ccccc7)c7oc8ccccc8c7n6)c5)c4)c3)nc3ccccc23)cc1. The molecule has 5 heteroatoms. The van der Waals surface area contributed by atoms with Crippen LogP contribution in [0.2, 0.25) is 0 Å². The van der Waals surface area contributed by atoms with Crippen LogP contribution in [0.4, 0.5) is 0 Å². The van der Waals surface area contributed by atoms with E-state index in [0.717, 1.165) is 83.3 Å². The summed E-state index contributed by atoms with van der Waals surface area (Å²) >= 11 is 0. The molecular formula is C48H30N4O. The predicted octanol–water partition coefficient (Wildman–Crippen LogP) is 12.3. The van der Waals surface area contributed by atoms with Gasteiger partial charge in [-0.2, -0.15) is 0 Å². The maximum atomic E-state index is 6.33. The lowest BCUT2D eigenvalue weighted by Crippen LogP contribution is -1.95. The number of fused-ring (bicyclic) bond motifs is 4. The van der Waals surface area contributed by atoms with E-state index in [-0.39, 0.29) is 0 Å². The minimum atomic E-state index is 0.652. The third-order valence-electron chi connectivity index (χ3n) is 9.69. The molecule has 0 spiro atoms. The number of para-hydroxylation sites is 2. The molecule has 0 aliphatic carbocycles. The fourth-order valence-electron chi connectivity index (χ4n) is 7.09. The van der Waals surface area contributed by atoms with Crippen molar-refractivity contribution in [1.82, 2.24) is 19.9 Å². The van der Waals surface area contributed by atoms with Crippen LogP contribution >= 0.6 is 0 Å². The Kier molecular flexibility index (Phi) is 7.40. The van der Waals surface area contributed by atoms with E-state index in [0.29, 0.717) is 17.2 Å². The van der Waals surface area contributed by atoms with E-state index >= 15 is 0 Å². The zero-order chi connectivity index (χ0) is 35.1. The van der Waals surface area contributed by atoms with Gasteiger partial charge in [-0.25, -0.2) is 19.9 Å². The van der Waals surface area contributed by atoms with Gasteiger partial charge in [0.25, 0.3) is 0 Å². The lowest BCUT2D eigenvalue weighted by molar-refractivity contribution is 0.667. The number of furan rings is 1. The van der Waals surface area contributed by atoms with Gasteiger partial charge >= 0.3 is 0 Å². The first-order chi connectivity index (χ1) is 26.2. The molecule has 0 saturated heterocycles. The van der Waals surface area contributed by atoms with Crippen molar-refractivity contribution < 1.29 is 4.42 Å². The first-order valence-corrected chi connectivity index (χ1v) is 17.6. The fourth-order valence-corrected chi connectivity index (χ4v) is 7.09. The van der Waals surface area contributed by atoms with Crippen LogP contribution in [0.1, 0.15) is 0 Å². The fraction of sp³-hybridized carbons (Fsp3) is 0. The zero-order valence-electron chi connectivity index (χ0n) is 28.5. The average molecular weight is 679 g/mol. The molecule has 0 fully saturated rings. The van der Waals surface area contributed by atoms with Crippen LogP contribution in [0.5, 0.6) is 0 Å². The van der Waals surface area contributed by atoms with Crippen LogP contribution < -0.4 is 0 Å². The topological polar surface area (TPSA) is 64.7 Å². The normalized spacial score (nSPS) is 11.4. The summed E-state index contributed by atoms with van der Waals surface area (Å²) in [5, 5.41) is 2.01. The summed E-state index contributed by atoms with van der Waals surface area (Å²) in [4.78, 5) is 20.3. The molecule has 0 aliphatic heterocycles. The van der Waals surface area contributed by atoms with Crippen LogP contribution in [0.3, 0.4) is 0 Å². The number of nitrogens with zero attached hydrogens (tertiary/aromatic N) is 4. The Morgan fingerprint density at radius 2 is 0.774 bits per heavy atom. The molecule has 0 unspecified atom stereocenters. The lowest BCUT2D eigenvalue weighted by atomic mass is 9.96. The van der Waals surface area contributed by atoms with Crippen LogP contribution in [-0.2, 0) is 0 Å². The minimum absolute atomic E-state index is 0.652. The molecule has 7 aromatic carbocycles. The summed E-state index contributed by atoms with van der Waals surface area (Å²) in [6, 6.07) is 62.3. The van der Waals surface area contributed by atoms with Crippen molar-refractivity contribution in [2.75, 3.05) is 0 Å². The third-order valence-corrected chi connectivity index (χ3v) is 9.69. The maximum Gasteiger partial charge on any atom is 0.180 e. The van der Waals surface area contributed by atoms with Crippen LogP contribution in [-0.4, -0.2) is 19.9 Å². The summed E-state index contributed by atoms with van der Waals surface area (Å²) < 4.78 is 6.33. The second-order valence-corrected chi connectivity index (χ2v) is 13.1. The molecule has 0 atom stereocenters. The number of hydrogen-bond donors (Lipinski definition) is 0. The Labute approximate surface area is 305 Å². The Morgan fingerprint density at radius 3 is 1.42 bits per heavy atom. The van der Waals surface area contributed by atoms with Gasteiger partial charge in [0.15, 0.2) is 17.2 Å². The van der Waals surface area contributed by atoms with Crippen molar-refractivity contribution in [3.63, 3.8) is 0 Å². The van der Waals surface area contributed by atoms with Crippen molar-refractivity contribution in [2.45, 2.75) is 0 Å². The number of benzene rings is 7. The first kappa shape index (κ1) is 30.6. The molecule has 0 aliphatic rings. The van der Waals surface area contributed by atoms with Crippen LogP contribution in [0.15, 0.2) is 186 Å². The summed E-state index contributed by atoms with van der Waals surface area (Å²) in [5.41, 5.74) is 13.2. The second kappa shape index (κ2) is 12.8. The van der Waals surface area contributed by atoms with Gasteiger partial charge in [-0.15, -0.1) is 0 Å². The molecule has 10 aromatic rings. The lowest BCUT2D eigenvalue weighted by Gasteiger charge is -2.11. The van der Waals surface area contributed by atoms with Gasteiger partial charge in [-0.05, 0) is 58.7 Å². The molecule has 53 heavy (non-hydrogen) atoms. The smallest absolute Gasteiger partial charge is 0.180 e. The predicted molar refractivity (Wildman–Crippen MR) is 215 cm³/mol. The summed E-state index contributed by atoms with van der Waals surface area (Å²) in [6.45, 7) is 0. The maximum absolute atomic E-state index is 6.33. The van der Waals surface area contributed by atoms with E-state index in [9.17, 15) is 0 Å². The molecule has 0 radical (unpaired) electrons. The molecule has 3 aromatic heterocycles. The Hall–Kier alpha value is -7.24. The molecule has 0 bridgehead atoms. The third kappa shape index (κ3) is 5.61. The summed E-state index contributed by atoms with van der Waals surface area (Å²) in [5.74, 6) is 1.35. The van der Waals surface area contributed by atoms with Crippen molar-refractivity contribution in [3.05, 3.63) is 182 Å². The standard InChI is InChI=1S/C48H30N4O/c1-3-14-31(15-4-1)43-39-24-7-9-26-41(39)49-47(50-43)37-22-12-20-35(29-37)33-18-11-19-34(28-33)36-21-13-23-38(30-36)48-51-44(32-16-5-2-6-17-32)46-45(52-48)40-25-8-10-27-42(40)53-46/h1-30H. The molecule has 10 rings (SSSR count). The average Bonchev–Trinajstić information content (AvgIpc) is 3.62. The number of rotatable bonds is 6. The van der Waals surface area contributed by atoms with Crippen molar-refractivity contribution in [2.24, 2.45) is 0 Å². The quantitative estimate of drug-likeness (QED) is 0.175. The summed E-state index contributed by atoms with van der Waals surface area (Å²) in [7, 11) is 0. The highest BCUT2D eigenvalue weighted by molar-refractivity contribution is 6.07. The van der Waals surface area contributed by atoms with Gasteiger partial charge in [-0.1, -0.05) is 146 Å². The molecule has 0 saturated carbocycles. The van der Waals surface area contributed by atoms with E-state index in [4.69, 9.17) is 24.4 Å². The molecule has 0 N–H and O–H groups in total. The number of hydrogen-bond acceptors (Lipinski definition) is 5. The molecule has 248 valence electrons. The Balaban J connectivity index is 1.04. The van der Waals surface area contributed by atoms with Gasteiger partial charge in [0.05, 0.1) is 11.2 Å². The van der Waals surface area contributed by atoms with Gasteiger partial charge in [0, 0.05) is 33.0 Å². The van der Waals surface area contributed by atoms with E-state index in [2.05, 4.69) is 115 Å². The van der Waals surface area contributed by atoms with Gasteiger partial charge in [0.1, 0.15) is 16.8 Å². The van der Waals surface area contributed by atoms with E-state index in [1.807, 2.05) is 66.7 Å². The molecular weight excluding hydrogens is 649 g/mol. The highest BCUT2D eigenvalue weighted by atomic mass is 16.3. The number of aromatic nitrogens is 4. The summed E-state index contributed by atoms with van der Waals surface area (Å²) in [6.07, 6.45) is 0.